The maximum absolute atomic E-state index is 12.5. The molecule has 0 spiro atoms. The Labute approximate surface area is 137 Å². The molecule has 2 aromatic carbocycles. The third kappa shape index (κ3) is 4.62. The van der Waals surface area contributed by atoms with Crippen molar-refractivity contribution in [3.8, 4) is 22.6 Å². The summed E-state index contributed by atoms with van der Waals surface area (Å²) in [5, 5.41) is 9.31. The van der Waals surface area contributed by atoms with Crippen molar-refractivity contribution in [2.24, 2.45) is 0 Å². The molecule has 0 atom stereocenters. The first-order valence-electron chi connectivity index (χ1n) is 7.03. The van der Waals surface area contributed by atoms with Gasteiger partial charge in [-0.05, 0) is 52.6 Å². The summed E-state index contributed by atoms with van der Waals surface area (Å²) in [7, 11) is 3.04. The van der Waals surface area contributed by atoms with Gasteiger partial charge in [0, 0.05) is 7.11 Å². The maximum atomic E-state index is 12.5. The minimum Gasteiger partial charge on any atom is -0.497 e. The first-order valence-corrected chi connectivity index (χ1v) is 7.03. The Hall–Kier alpha value is -2.25. The highest BCUT2D eigenvalue weighted by molar-refractivity contribution is 5.70. The third-order valence-corrected chi connectivity index (χ3v) is 3.31. The Kier molecular flexibility index (Phi) is 5.69. The van der Waals surface area contributed by atoms with Gasteiger partial charge in [-0.2, -0.15) is 0 Å². The van der Waals surface area contributed by atoms with E-state index in [4.69, 9.17) is 9.47 Å². The fraction of sp³-hybridized carbons (Fsp3) is 0.294. The molecule has 130 valence electrons. The summed E-state index contributed by atoms with van der Waals surface area (Å²) in [5.41, 5.74) is 2.20. The molecule has 1 N–H and O–H groups in total. The third-order valence-electron chi connectivity index (χ3n) is 3.31. The number of alkyl halides is 3. The van der Waals surface area contributed by atoms with E-state index < -0.39 is 13.0 Å². The van der Waals surface area contributed by atoms with Gasteiger partial charge in [0.15, 0.2) is 0 Å². The fourth-order valence-corrected chi connectivity index (χ4v) is 2.35. The number of methoxy groups -OCH3 is 2. The van der Waals surface area contributed by atoms with Gasteiger partial charge >= 0.3 is 6.36 Å². The number of hydrogen-bond donors (Lipinski definition) is 1. The molecule has 0 unspecified atom stereocenters. The zero-order valence-electron chi connectivity index (χ0n) is 13.2. The first-order chi connectivity index (χ1) is 11.4. The van der Waals surface area contributed by atoms with Gasteiger partial charge in [-0.1, -0.05) is 6.07 Å². The van der Waals surface area contributed by atoms with Crippen molar-refractivity contribution in [2.45, 2.75) is 19.6 Å². The summed E-state index contributed by atoms with van der Waals surface area (Å²) in [5.74, 6) is 0.221. The van der Waals surface area contributed by atoms with Crippen LogP contribution in [0.2, 0.25) is 0 Å². The van der Waals surface area contributed by atoms with Crippen molar-refractivity contribution in [2.75, 3.05) is 14.2 Å². The number of aliphatic hydroxyl groups is 1. The zero-order valence-corrected chi connectivity index (χ0v) is 13.2. The molecule has 2 aromatic rings. The highest BCUT2D eigenvalue weighted by Crippen LogP contribution is 2.33. The predicted molar refractivity (Wildman–Crippen MR) is 81.7 cm³/mol. The van der Waals surface area contributed by atoms with Crippen LogP contribution in [0.1, 0.15) is 11.1 Å². The van der Waals surface area contributed by atoms with Gasteiger partial charge in [0.05, 0.1) is 20.3 Å². The topological polar surface area (TPSA) is 47.9 Å². The summed E-state index contributed by atoms with van der Waals surface area (Å²) in [6.45, 7) is -0.150. The van der Waals surface area contributed by atoms with Crippen LogP contribution in [-0.2, 0) is 18.0 Å². The van der Waals surface area contributed by atoms with E-state index in [9.17, 15) is 18.3 Å². The van der Waals surface area contributed by atoms with Crippen LogP contribution in [-0.4, -0.2) is 25.7 Å². The van der Waals surface area contributed by atoms with Gasteiger partial charge in [-0.3, -0.25) is 0 Å². The van der Waals surface area contributed by atoms with E-state index in [1.54, 1.807) is 24.3 Å². The van der Waals surface area contributed by atoms with Gasteiger partial charge < -0.3 is 19.3 Å². The lowest BCUT2D eigenvalue weighted by molar-refractivity contribution is -0.274. The van der Waals surface area contributed by atoms with Crippen molar-refractivity contribution < 1.29 is 32.5 Å². The monoisotopic (exact) mass is 342 g/mol. The minimum atomic E-state index is -4.80. The van der Waals surface area contributed by atoms with Crippen LogP contribution in [0.3, 0.4) is 0 Å². The van der Waals surface area contributed by atoms with Crippen LogP contribution in [0.15, 0.2) is 36.4 Å². The SMILES string of the molecule is COCc1cc(OC)ccc1-c1cc(CO)cc(OC(F)(F)F)c1. The maximum Gasteiger partial charge on any atom is 0.573 e. The normalized spacial score (nSPS) is 11.4. The molecule has 0 aromatic heterocycles. The van der Waals surface area contributed by atoms with Crippen LogP contribution >= 0.6 is 0 Å². The predicted octanol–water partition coefficient (Wildman–Crippen LogP) is 3.90. The quantitative estimate of drug-likeness (QED) is 0.865. The second-order valence-corrected chi connectivity index (χ2v) is 5.03. The van der Waals surface area contributed by atoms with Gasteiger partial charge in [-0.15, -0.1) is 13.2 Å². The van der Waals surface area contributed by atoms with Crippen molar-refractivity contribution in [1.82, 2.24) is 0 Å². The number of benzene rings is 2. The Morgan fingerprint density at radius 3 is 2.33 bits per heavy atom. The summed E-state index contributed by atoms with van der Waals surface area (Å²) < 4.78 is 51.7. The first kappa shape index (κ1) is 18.1. The van der Waals surface area contributed by atoms with E-state index in [1.807, 2.05) is 0 Å². The molecule has 0 aliphatic rings. The van der Waals surface area contributed by atoms with Gasteiger partial charge in [-0.25, -0.2) is 0 Å². The lowest BCUT2D eigenvalue weighted by atomic mass is 9.97. The highest BCUT2D eigenvalue weighted by atomic mass is 19.4. The van der Waals surface area contributed by atoms with Crippen LogP contribution in [0.5, 0.6) is 11.5 Å². The Morgan fingerprint density at radius 1 is 1.00 bits per heavy atom. The molecule has 24 heavy (non-hydrogen) atoms. The Bertz CT molecular complexity index is 699. The van der Waals surface area contributed by atoms with E-state index in [1.165, 1.54) is 20.3 Å². The average molecular weight is 342 g/mol. The second-order valence-electron chi connectivity index (χ2n) is 5.03. The van der Waals surface area contributed by atoms with E-state index in [0.717, 1.165) is 11.6 Å². The van der Waals surface area contributed by atoms with Crippen LogP contribution < -0.4 is 9.47 Å². The van der Waals surface area contributed by atoms with Crippen molar-refractivity contribution in [1.29, 1.82) is 0 Å². The van der Waals surface area contributed by atoms with Crippen LogP contribution in [0, 0.1) is 0 Å². The number of hydrogen-bond acceptors (Lipinski definition) is 4. The molecule has 0 aliphatic carbocycles. The van der Waals surface area contributed by atoms with E-state index in [-0.39, 0.29) is 12.4 Å². The summed E-state index contributed by atoms with van der Waals surface area (Å²) in [4.78, 5) is 0. The molecular formula is C17H17F3O4. The van der Waals surface area contributed by atoms with E-state index >= 15 is 0 Å². The fourth-order valence-electron chi connectivity index (χ4n) is 2.35. The van der Waals surface area contributed by atoms with Gasteiger partial charge in [0.1, 0.15) is 11.5 Å². The highest BCUT2D eigenvalue weighted by Gasteiger charge is 2.31. The molecule has 0 saturated heterocycles. The largest absolute Gasteiger partial charge is 0.573 e. The Balaban J connectivity index is 2.52. The molecule has 0 heterocycles. The minimum absolute atomic E-state index is 0.255. The average Bonchev–Trinajstić information content (AvgIpc) is 2.53. The molecule has 0 saturated carbocycles. The molecule has 4 nitrogen and oxygen atoms in total. The standard InChI is InChI=1S/C17H17F3O4/c1-22-10-13-8-14(23-2)3-4-16(13)12-5-11(9-21)6-15(7-12)24-17(18,19)20/h3-8,21H,9-10H2,1-2H3. The lowest BCUT2D eigenvalue weighted by Gasteiger charge is -2.15. The van der Waals surface area contributed by atoms with Crippen molar-refractivity contribution in [3.05, 3.63) is 47.5 Å². The molecule has 7 heteroatoms. The van der Waals surface area contributed by atoms with Crippen LogP contribution in [0.4, 0.5) is 13.2 Å². The number of halogens is 3. The number of ether oxygens (including phenoxy) is 3. The smallest absolute Gasteiger partial charge is 0.497 e. The van der Waals surface area contributed by atoms with E-state index in [2.05, 4.69) is 4.74 Å². The number of rotatable bonds is 6. The Morgan fingerprint density at radius 2 is 1.75 bits per heavy atom. The lowest BCUT2D eigenvalue weighted by Crippen LogP contribution is -2.17. The van der Waals surface area contributed by atoms with Gasteiger partial charge in [0.25, 0.3) is 0 Å². The van der Waals surface area contributed by atoms with Crippen molar-refractivity contribution in [3.63, 3.8) is 0 Å². The molecule has 0 fully saturated rings. The second kappa shape index (κ2) is 7.55. The van der Waals surface area contributed by atoms with Crippen molar-refractivity contribution >= 4 is 0 Å². The zero-order chi connectivity index (χ0) is 17.7. The van der Waals surface area contributed by atoms with E-state index in [0.29, 0.717) is 22.4 Å². The summed E-state index contributed by atoms with van der Waals surface area (Å²) in [6.07, 6.45) is -4.80. The number of aliphatic hydroxyl groups excluding tert-OH is 1. The molecule has 0 bridgehead atoms. The van der Waals surface area contributed by atoms with Gasteiger partial charge in [0.2, 0.25) is 0 Å². The molecular weight excluding hydrogens is 325 g/mol. The molecule has 2 rings (SSSR count). The molecule has 0 radical (unpaired) electrons. The summed E-state index contributed by atoms with van der Waals surface area (Å²) in [6, 6.07) is 9.19. The van der Waals surface area contributed by atoms with Crippen LogP contribution in [0.25, 0.3) is 11.1 Å². The molecule has 0 amide bonds. The summed E-state index contributed by atoms with van der Waals surface area (Å²) >= 11 is 0. The molecule has 0 aliphatic heterocycles.